The molecule has 0 aliphatic carbocycles. The minimum Gasteiger partial charge on any atom is -0.465 e. The Bertz CT molecular complexity index is 209. The minimum atomic E-state index is -0.0338. The van der Waals surface area contributed by atoms with Crippen LogP contribution in [0.25, 0.3) is 0 Å². The number of hydrogen-bond donors (Lipinski definition) is 0. The molecule has 0 aromatic carbocycles. The maximum absolute atomic E-state index is 11.4. The lowest BCUT2D eigenvalue weighted by Crippen LogP contribution is -2.04. The van der Waals surface area contributed by atoms with Gasteiger partial charge in [0.2, 0.25) is 0 Å². The number of esters is 1. The van der Waals surface area contributed by atoms with Gasteiger partial charge in [-0.3, -0.25) is 4.79 Å². The van der Waals surface area contributed by atoms with Crippen LogP contribution in [-0.4, -0.2) is 12.6 Å². The summed E-state index contributed by atoms with van der Waals surface area (Å²) >= 11 is 0. The van der Waals surface area contributed by atoms with Crippen molar-refractivity contribution in [2.45, 2.75) is 78.1 Å². The molecule has 0 radical (unpaired) electrons. The van der Waals surface area contributed by atoms with Crippen LogP contribution in [0.4, 0.5) is 0 Å². The fourth-order valence-corrected chi connectivity index (χ4v) is 1.82. The third-order valence-electron chi connectivity index (χ3n) is 2.93. The predicted molar refractivity (Wildman–Crippen MR) is 77.6 cm³/mol. The highest BCUT2D eigenvalue weighted by Crippen LogP contribution is 2.08. The van der Waals surface area contributed by atoms with Gasteiger partial charge >= 0.3 is 5.97 Å². The molecule has 0 aromatic rings. The molecule has 0 aliphatic heterocycles. The molecular weight excluding hydrogens is 224 g/mol. The van der Waals surface area contributed by atoms with Gasteiger partial charge in [-0.1, -0.05) is 64.5 Å². The van der Waals surface area contributed by atoms with Crippen molar-refractivity contribution in [3.05, 3.63) is 12.2 Å². The molecule has 0 bridgehead atoms. The normalized spacial score (nSPS) is 11.0. The molecule has 2 nitrogen and oxygen atoms in total. The molecule has 0 aromatic heterocycles. The molecule has 0 aliphatic rings. The van der Waals surface area contributed by atoms with Crippen molar-refractivity contribution >= 4 is 5.97 Å². The van der Waals surface area contributed by atoms with Crippen LogP contribution >= 0.6 is 0 Å². The van der Waals surface area contributed by atoms with E-state index in [2.05, 4.69) is 26.0 Å². The number of hydrogen-bond acceptors (Lipinski definition) is 2. The first kappa shape index (κ1) is 17.2. The molecule has 0 saturated carbocycles. The van der Waals surface area contributed by atoms with Crippen LogP contribution in [0.1, 0.15) is 78.1 Å². The summed E-state index contributed by atoms with van der Waals surface area (Å²) in [5.74, 6) is -0.0338. The summed E-state index contributed by atoms with van der Waals surface area (Å²) in [6.45, 7) is 4.86. The highest BCUT2D eigenvalue weighted by molar-refractivity contribution is 5.69. The number of rotatable bonds is 12. The highest BCUT2D eigenvalue weighted by Gasteiger charge is 2.01. The number of unbranched alkanes of at least 4 members (excludes halogenated alkanes) is 6. The second kappa shape index (κ2) is 14.3. The Balaban J connectivity index is 3.19. The van der Waals surface area contributed by atoms with Crippen LogP contribution in [0.2, 0.25) is 0 Å². The summed E-state index contributed by atoms with van der Waals surface area (Å²) in [7, 11) is 0. The van der Waals surface area contributed by atoms with E-state index in [0.29, 0.717) is 13.0 Å². The topological polar surface area (TPSA) is 26.3 Å². The Morgan fingerprint density at radius 3 is 2.28 bits per heavy atom. The average Bonchev–Trinajstić information content (AvgIpc) is 2.37. The second-order valence-corrected chi connectivity index (χ2v) is 4.76. The second-order valence-electron chi connectivity index (χ2n) is 4.76. The Labute approximate surface area is 113 Å². The Kier molecular flexibility index (Phi) is 13.6. The third-order valence-corrected chi connectivity index (χ3v) is 2.93. The van der Waals surface area contributed by atoms with Gasteiger partial charge < -0.3 is 4.74 Å². The summed E-state index contributed by atoms with van der Waals surface area (Å²) in [5.41, 5.74) is 0. The van der Waals surface area contributed by atoms with Crippen LogP contribution in [0.5, 0.6) is 0 Å². The van der Waals surface area contributed by atoms with E-state index in [-0.39, 0.29) is 5.97 Å². The van der Waals surface area contributed by atoms with Gasteiger partial charge in [0, 0.05) is 6.42 Å². The molecule has 0 spiro atoms. The lowest BCUT2D eigenvalue weighted by atomic mass is 10.1. The zero-order valence-corrected chi connectivity index (χ0v) is 12.2. The van der Waals surface area contributed by atoms with E-state index in [0.717, 1.165) is 25.7 Å². The Morgan fingerprint density at radius 2 is 1.61 bits per heavy atom. The van der Waals surface area contributed by atoms with Crippen LogP contribution in [-0.2, 0) is 9.53 Å². The number of ether oxygens (including phenoxy) is 1. The van der Waals surface area contributed by atoms with Gasteiger partial charge in [-0.05, 0) is 19.3 Å². The first-order chi connectivity index (χ1) is 8.81. The van der Waals surface area contributed by atoms with Crippen LogP contribution in [0, 0.1) is 0 Å². The molecule has 0 amide bonds. The van der Waals surface area contributed by atoms with Gasteiger partial charge in [0.1, 0.15) is 0 Å². The SMILES string of the molecule is CC/C=C\CCOC(=O)CCCCCCCCC. The van der Waals surface area contributed by atoms with Gasteiger partial charge in [0.25, 0.3) is 0 Å². The van der Waals surface area contributed by atoms with Gasteiger partial charge in [-0.15, -0.1) is 0 Å². The fourth-order valence-electron chi connectivity index (χ4n) is 1.82. The average molecular weight is 254 g/mol. The smallest absolute Gasteiger partial charge is 0.305 e. The van der Waals surface area contributed by atoms with E-state index in [1.807, 2.05) is 0 Å². The molecule has 2 heteroatoms. The number of carbonyl (C=O) groups is 1. The lowest BCUT2D eigenvalue weighted by Gasteiger charge is -2.03. The zero-order valence-electron chi connectivity index (χ0n) is 12.2. The largest absolute Gasteiger partial charge is 0.465 e. The van der Waals surface area contributed by atoms with Gasteiger partial charge in [0.15, 0.2) is 0 Å². The van der Waals surface area contributed by atoms with E-state index >= 15 is 0 Å². The fraction of sp³-hybridized carbons (Fsp3) is 0.812. The van der Waals surface area contributed by atoms with Crippen molar-refractivity contribution in [2.24, 2.45) is 0 Å². The van der Waals surface area contributed by atoms with Crippen LogP contribution < -0.4 is 0 Å². The molecule has 0 N–H and O–H groups in total. The first-order valence-corrected chi connectivity index (χ1v) is 7.61. The molecule has 0 atom stereocenters. The van der Waals surface area contributed by atoms with Crippen molar-refractivity contribution in [3.8, 4) is 0 Å². The van der Waals surface area contributed by atoms with E-state index in [9.17, 15) is 4.79 Å². The van der Waals surface area contributed by atoms with Crippen molar-refractivity contribution in [3.63, 3.8) is 0 Å². The summed E-state index contributed by atoms with van der Waals surface area (Å²) in [4.78, 5) is 11.4. The van der Waals surface area contributed by atoms with Crippen molar-refractivity contribution in [2.75, 3.05) is 6.61 Å². The number of allylic oxidation sites excluding steroid dienone is 1. The maximum atomic E-state index is 11.4. The van der Waals surface area contributed by atoms with E-state index in [1.54, 1.807) is 0 Å². The number of carbonyl (C=O) groups excluding carboxylic acids is 1. The van der Waals surface area contributed by atoms with Crippen molar-refractivity contribution in [1.82, 2.24) is 0 Å². The molecule has 18 heavy (non-hydrogen) atoms. The molecule has 0 heterocycles. The lowest BCUT2D eigenvalue weighted by molar-refractivity contribution is -0.143. The predicted octanol–water partition coefficient (Wildman–Crippen LogP) is 5.03. The highest BCUT2D eigenvalue weighted by atomic mass is 16.5. The van der Waals surface area contributed by atoms with Crippen molar-refractivity contribution < 1.29 is 9.53 Å². The van der Waals surface area contributed by atoms with Crippen molar-refractivity contribution in [1.29, 1.82) is 0 Å². The van der Waals surface area contributed by atoms with Gasteiger partial charge in [-0.25, -0.2) is 0 Å². The molecule has 0 saturated heterocycles. The van der Waals surface area contributed by atoms with Gasteiger partial charge in [0.05, 0.1) is 6.61 Å². The minimum absolute atomic E-state index is 0.0338. The van der Waals surface area contributed by atoms with E-state index in [1.165, 1.54) is 32.1 Å². The Morgan fingerprint density at radius 1 is 0.944 bits per heavy atom. The molecule has 106 valence electrons. The summed E-state index contributed by atoms with van der Waals surface area (Å²) < 4.78 is 5.14. The molecule has 0 fully saturated rings. The van der Waals surface area contributed by atoms with Gasteiger partial charge in [-0.2, -0.15) is 0 Å². The third kappa shape index (κ3) is 13.3. The Hall–Kier alpha value is -0.790. The molecular formula is C16H30O2. The summed E-state index contributed by atoms with van der Waals surface area (Å²) in [5, 5.41) is 0. The first-order valence-electron chi connectivity index (χ1n) is 7.61. The van der Waals surface area contributed by atoms with E-state index < -0.39 is 0 Å². The van der Waals surface area contributed by atoms with Crippen LogP contribution in [0.3, 0.4) is 0 Å². The maximum Gasteiger partial charge on any atom is 0.305 e. The summed E-state index contributed by atoms with van der Waals surface area (Å²) in [6.07, 6.45) is 15.3. The standard InChI is InChI=1S/C16H30O2/c1-3-5-7-9-10-11-12-14-16(17)18-15-13-8-6-4-2/h6,8H,3-5,7,9-15H2,1-2H3/b8-6-. The molecule has 0 rings (SSSR count). The van der Waals surface area contributed by atoms with E-state index in [4.69, 9.17) is 4.74 Å². The summed E-state index contributed by atoms with van der Waals surface area (Å²) in [6, 6.07) is 0. The zero-order chi connectivity index (χ0) is 13.5. The molecule has 0 unspecified atom stereocenters. The quantitative estimate of drug-likeness (QED) is 0.277. The monoisotopic (exact) mass is 254 g/mol. The van der Waals surface area contributed by atoms with Crippen LogP contribution in [0.15, 0.2) is 12.2 Å².